The van der Waals surface area contributed by atoms with Gasteiger partial charge in [0, 0.05) is 29.2 Å². The highest BCUT2D eigenvalue weighted by molar-refractivity contribution is 7.15. The lowest BCUT2D eigenvalue weighted by Gasteiger charge is -2.11. The summed E-state index contributed by atoms with van der Waals surface area (Å²) in [5.41, 5.74) is 3.65. The van der Waals surface area contributed by atoms with Crippen molar-refractivity contribution in [2.45, 2.75) is 13.8 Å². The van der Waals surface area contributed by atoms with Crippen LogP contribution in [0.25, 0.3) is 11.3 Å². The molecule has 4 aromatic rings. The van der Waals surface area contributed by atoms with Crippen LogP contribution in [0.3, 0.4) is 0 Å². The van der Waals surface area contributed by atoms with Crippen LogP contribution < -0.4 is 15.4 Å². The summed E-state index contributed by atoms with van der Waals surface area (Å²) >= 11 is 1.32. The molecule has 0 bridgehead atoms. The third-order valence-corrected chi connectivity index (χ3v) is 5.15. The number of aryl methyl sites for hydroxylation is 2. The minimum Gasteiger partial charge on any atom is -0.495 e. The molecule has 31 heavy (non-hydrogen) atoms. The van der Waals surface area contributed by atoms with Crippen molar-refractivity contribution in [2.75, 3.05) is 17.7 Å². The van der Waals surface area contributed by atoms with E-state index in [9.17, 15) is 4.79 Å². The van der Waals surface area contributed by atoms with E-state index in [0.717, 1.165) is 21.8 Å². The van der Waals surface area contributed by atoms with Crippen molar-refractivity contribution in [3.8, 4) is 17.0 Å². The normalized spacial score (nSPS) is 10.5. The number of methoxy groups -OCH3 is 1. The molecule has 2 N–H and O–H groups in total. The first-order valence-electron chi connectivity index (χ1n) is 9.33. The summed E-state index contributed by atoms with van der Waals surface area (Å²) in [4.78, 5) is 25.6. The molecule has 0 spiro atoms. The van der Waals surface area contributed by atoms with Crippen LogP contribution in [-0.2, 0) is 0 Å². The highest BCUT2D eigenvalue weighted by Gasteiger charge is 2.12. The first kappa shape index (κ1) is 20.4. The Labute approximate surface area is 182 Å². The SMILES string of the molecule is COc1cncc(-c2ccnc(Nc3cc(C(=O)Nc4nnc(C)s4)ccc3C)n2)c1. The zero-order valence-electron chi connectivity index (χ0n) is 17.1. The monoisotopic (exact) mass is 433 g/mol. The molecule has 0 radical (unpaired) electrons. The molecule has 156 valence electrons. The average molecular weight is 433 g/mol. The standard InChI is InChI=1S/C21H19N7O2S/c1-12-4-5-14(19(29)26-21-28-27-13(2)31-21)9-18(12)25-20-23-7-6-17(24-20)15-8-16(30-3)11-22-10-15/h4-11H,1-3H3,(H,23,24,25)(H,26,28,29). The van der Waals surface area contributed by atoms with Crippen LogP contribution >= 0.6 is 11.3 Å². The number of carbonyl (C=O) groups is 1. The van der Waals surface area contributed by atoms with Crippen LogP contribution in [0.4, 0.5) is 16.8 Å². The number of ether oxygens (including phenoxy) is 1. The minimum atomic E-state index is -0.267. The van der Waals surface area contributed by atoms with Crippen molar-refractivity contribution >= 4 is 34.0 Å². The Kier molecular flexibility index (Phi) is 5.80. The first-order valence-corrected chi connectivity index (χ1v) is 10.1. The van der Waals surface area contributed by atoms with E-state index in [0.29, 0.717) is 28.1 Å². The highest BCUT2D eigenvalue weighted by atomic mass is 32.1. The maximum Gasteiger partial charge on any atom is 0.257 e. The number of amides is 1. The van der Waals surface area contributed by atoms with Crippen LogP contribution in [0.1, 0.15) is 20.9 Å². The molecule has 0 aliphatic carbocycles. The number of anilines is 3. The Morgan fingerprint density at radius 1 is 1.10 bits per heavy atom. The maximum absolute atomic E-state index is 12.6. The van der Waals surface area contributed by atoms with Crippen LogP contribution in [0.15, 0.2) is 48.9 Å². The molecule has 0 aliphatic rings. The average Bonchev–Trinajstić information content (AvgIpc) is 3.20. The molecule has 1 amide bonds. The summed E-state index contributed by atoms with van der Waals surface area (Å²) < 4.78 is 5.23. The van der Waals surface area contributed by atoms with Gasteiger partial charge in [0.15, 0.2) is 0 Å². The van der Waals surface area contributed by atoms with Gasteiger partial charge >= 0.3 is 0 Å². The summed E-state index contributed by atoms with van der Waals surface area (Å²) in [6.07, 6.45) is 5.00. The van der Waals surface area contributed by atoms with E-state index in [4.69, 9.17) is 4.74 Å². The van der Waals surface area contributed by atoms with Crippen molar-refractivity contribution in [3.63, 3.8) is 0 Å². The third-order valence-electron chi connectivity index (χ3n) is 4.39. The minimum absolute atomic E-state index is 0.267. The Hall–Kier alpha value is -3.92. The van der Waals surface area contributed by atoms with Gasteiger partial charge in [0.1, 0.15) is 10.8 Å². The molecule has 0 saturated heterocycles. The Balaban J connectivity index is 1.56. The van der Waals surface area contributed by atoms with Crippen molar-refractivity contribution in [3.05, 3.63) is 65.1 Å². The van der Waals surface area contributed by atoms with E-state index >= 15 is 0 Å². The van der Waals surface area contributed by atoms with Gasteiger partial charge in [0.25, 0.3) is 5.91 Å². The lowest BCUT2D eigenvalue weighted by atomic mass is 10.1. The molecule has 10 heteroatoms. The summed E-state index contributed by atoms with van der Waals surface area (Å²) in [6, 6.07) is 9.01. The molecule has 1 aromatic carbocycles. The largest absolute Gasteiger partial charge is 0.495 e. The highest BCUT2D eigenvalue weighted by Crippen LogP contribution is 2.24. The molecule has 4 rings (SSSR count). The molecular weight excluding hydrogens is 414 g/mol. The van der Waals surface area contributed by atoms with Gasteiger partial charge in [-0.05, 0) is 43.7 Å². The fourth-order valence-electron chi connectivity index (χ4n) is 2.78. The lowest BCUT2D eigenvalue weighted by Crippen LogP contribution is -2.12. The van der Waals surface area contributed by atoms with Gasteiger partial charge in [0.2, 0.25) is 11.1 Å². The van der Waals surface area contributed by atoms with Crippen LogP contribution in [0.2, 0.25) is 0 Å². The molecule has 0 aliphatic heterocycles. The number of carbonyl (C=O) groups excluding carboxylic acids is 1. The molecular formula is C21H19N7O2S. The fourth-order valence-corrected chi connectivity index (χ4v) is 3.37. The van der Waals surface area contributed by atoms with E-state index in [1.807, 2.05) is 26.0 Å². The third kappa shape index (κ3) is 4.81. The summed E-state index contributed by atoms with van der Waals surface area (Å²) in [6.45, 7) is 3.77. The predicted octanol–water partition coefficient (Wildman–Crippen LogP) is 4.01. The second-order valence-electron chi connectivity index (χ2n) is 6.61. The van der Waals surface area contributed by atoms with E-state index in [-0.39, 0.29) is 5.91 Å². The Morgan fingerprint density at radius 2 is 1.97 bits per heavy atom. The van der Waals surface area contributed by atoms with Gasteiger partial charge in [-0.15, -0.1) is 10.2 Å². The molecule has 9 nitrogen and oxygen atoms in total. The molecule has 3 heterocycles. The van der Waals surface area contributed by atoms with Gasteiger partial charge in [-0.1, -0.05) is 17.4 Å². The summed E-state index contributed by atoms with van der Waals surface area (Å²) in [5, 5.41) is 15.0. The van der Waals surface area contributed by atoms with E-state index in [1.165, 1.54) is 11.3 Å². The molecule has 0 unspecified atom stereocenters. The summed E-state index contributed by atoms with van der Waals surface area (Å²) in [5.74, 6) is 0.780. The molecule has 0 atom stereocenters. The van der Waals surface area contributed by atoms with Crippen molar-refractivity contribution in [1.82, 2.24) is 25.1 Å². The van der Waals surface area contributed by atoms with E-state index < -0.39 is 0 Å². The van der Waals surface area contributed by atoms with Gasteiger partial charge in [-0.25, -0.2) is 9.97 Å². The smallest absolute Gasteiger partial charge is 0.257 e. The van der Waals surface area contributed by atoms with E-state index in [2.05, 4.69) is 35.8 Å². The Bertz CT molecular complexity index is 1240. The van der Waals surface area contributed by atoms with Crippen molar-refractivity contribution in [1.29, 1.82) is 0 Å². The Morgan fingerprint density at radius 3 is 2.74 bits per heavy atom. The van der Waals surface area contributed by atoms with Crippen molar-refractivity contribution < 1.29 is 9.53 Å². The number of hydrogen-bond acceptors (Lipinski definition) is 9. The number of hydrogen-bond donors (Lipinski definition) is 2. The quantitative estimate of drug-likeness (QED) is 0.469. The van der Waals surface area contributed by atoms with Gasteiger partial charge in [0.05, 0.1) is 19.0 Å². The second kappa shape index (κ2) is 8.84. The number of rotatable bonds is 6. The number of benzene rings is 1. The number of pyridine rings is 1. The zero-order valence-corrected chi connectivity index (χ0v) is 17.9. The van der Waals surface area contributed by atoms with Crippen LogP contribution in [0.5, 0.6) is 5.75 Å². The van der Waals surface area contributed by atoms with Gasteiger partial charge < -0.3 is 10.1 Å². The number of nitrogens with zero attached hydrogens (tertiary/aromatic N) is 5. The molecule has 0 fully saturated rings. The van der Waals surface area contributed by atoms with Gasteiger partial charge in [-0.3, -0.25) is 15.1 Å². The number of aromatic nitrogens is 5. The van der Waals surface area contributed by atoms with Crippen LogP contribution in [-0.4, -0.2) is 38.2 Å². The topological polar surface area (TPSA) is 115 Å². The van der Waals surface area contributed by atoms with Crippen molar-refractivity contribution in [2.24, 2.45) is 0 Å². The van der Waals surface area contributed by atoms with Gasteiger partial charge in [-0.2, -0.15) is 0 Å². The first-order chi connectivity index (χ1) is 15.0. The van der Waals surface area contributed by atoms with E-state index in [1.54, 1.807) is 43.9 Å². The zero-order chi connectivity index (χ0) is 21.8. The lowest BCUT2D eigenvalue weighted by molar-refractivity contribution is 0.102. The summed E-state index contributed by atoms with van der Waals surface area (Å²) in [7, 11) is 1.59. The molecule has 3 aromatic heterocycles. The number of nitrogens with one attached hydrogen (secondary N) is 2. The fraction of sp³-hybridized carbons (Fsp3) is 0.143. The second-order valence-corrected chi connectivity index (χ2v) is 7.80. The maximum atomic E-state index is 12.6. The molecule has 0 saturated carbocycles. The predicted molar refractivity (Wildman–Crippen MR) is 119 cm³/mol. The van der Waals surface area contributed by atoms with Crippen LogP contribution in [0, 0.1) is 13.8 Å².